The Morgan fingerprint density at radius 1 is 1.24 bits per heavy atom. The van der Waals surface area contributed by atoms with Crippen molar-refractivity contribution in [1.82, 2.24) is 5.32 Å². The van der Waals surface area contributed by atoms with Crippen molar-refractivity contribution in [3.8, 4) is 5.75 Å². The van der Waals surface area contributed by atoms with E-state index in [9.17, 15) is 17.6 Å². The summed E-state index contributed by atoms with van der Waals surface area (Å²) in [5.74, 6) is -0.452. The molecule has 1 N–H and O–H groups in total. The van der Waals surface area contributed by atoms with Crippen molar-refractivity contribution in [2.75, 3.05) is 17.7 Å². The van der Waals surface area contributed by atoms with E-state index >= 15 is 0 Å². The molecule has 0 fully saturated rings. The van der Waals surface area contributed by atoms with Crippen molar-refractivity contribution >= 4 is 33.2 Å². The number of nitrogens with one attached hydrogen (secondary N) is 1. The van der Waals surface area contributed by atoms with Gasteiger partial charge >= 0.3 is 0 Å². The SMILES string of the molecule is CC[C@H](C(=O)N[C@@H](C)c1ccc(F)cc1)N(c1ccc(OC)c(Cl)c1)S(C)(=O)=O. The lowest BCUT2D eigenvalue weighted by Crippen LogP contribution is -2.49. The van der Waals surface area contributed by atoms with Crippen LogP contribution in [0.15, 0.2) is 42.5 Å². The highest BCUT2D eigenvalue weighted by atomic mass is 35.5. The summed E-state index contributed by atoms with van der Waals surface area (Å²) >= 11 is 6.15. The molecule has 0 saturated heterocycles. The van der Waals surface area contributed by atoms with Crippen molar-refractivity contribution in [2.24, 2.45) is 0 Å². The number of sulfonamides is 1. The third kappa shape index (κ3) is 5.61. The fraction of sp³-hybridized carbons (Fsp3) is 0.350. The molecule has 0 aromatic heterocycles. The molecule has 0 bridgehead atoms. The topological polar surface area (TPSA) is 75.7 Å². The third-order valence-corrected chi connectivity index (χ3v) is 5.92. The van der Waals surface area contributed by atoms with E-state index in [0.29, 0.717) is 11.3 Å². The number of nitrogens with zero attached hydrogens (tertiary/aromatic N) is 1. The molecule has 2 rings (SSSR count). The van der Waals surface area contributed by atoms with Gasteiger partial charge in [0.15, 0.2) is 0 Å². The molecule has 29 heavy (non-hydrogen) atoms. The number of carbonyl (C=O) groups is 1. The maximum atomic E-state index is 13.1. The molecule has 0 radical (unpaired) electrons. The molecule has 0 heterocycles. The highest BCUT2D eigenvalue weighted by molar-refractivity contribution is 7.92. The molecule has 0 aliphatic heterocycles. The van der Waals surface area contributed by atoms with Crippen LogP contribution in [0.2, 0.25) is 5.02 Å². The lowest BCUT2D eigenvalue weighted by atomic mass is 10.1. The highest BCUT2D eigenvalue weighted by Gasteiger charge is 2.32. The van der Waals surface area contributed by atoms with Gasteiger partial charge in [-0.25, -0.2) is 12.8 Å². The van der Waals surface area contributed by atoms with Gasteiger partial charge in [-0.3, -0.25) is 9.10 Å². The first kappa shape index (κ1) is 23.0. The molecule has 9 heteroatoms. The van der Waals surface area contributed by atoms with E-state index in [2.05, 4.69) is 5.32 Å². The van der Waals surface area contributed by atoms with Crippen LogP contribution < -0.4 is 14.4 Å². The summed E-state index contributed by atoms with van der Waals surface area (Å²) in [5.41, 5.74) is 0.961. The van der Waals surface area contributed by atoms with Gasteiger partial charge in [0.2, 0.25) is 15.9 Å². The molecule has 158 valence electrons. The number of hydrogen-bond acceptors (Lipinski definition) is 4. The predicted molar refractivity (Wildman–Crippen MR) is 112 cm³/mol. The summed E-state index contributed by atoms with van der Waals surface area (Å²) < 4.78 is 44.3. The molecule has 2 atom stereocenters. The molecule has 0 unspecified atom stereocenters. The predicted octanol–water partition coefficient (Wildman–Crippen LogP) is 3.91. The number of benzene rings is 2. The van der Waals surface area contributed by atoms with Crippen LogP contribution in [0, 0.1) is 5.82 Å². The average Bonchev–Trinajstić information content (AvgIpc) is 2.65. The van der Waals surface area contributed by atoms with Gasteiger partial charge in [0.1, 0.15) is 17.6 Å². The lowest BCUT2D eigenvalue weighted by Gasteiger charge is -2.31. The Bertz CT molecular complexity index is 967. The standard InChI is InChI=1S/C20H24ClFN2O4S/c1-5-18(20(25)23-13(2)14-6-8-15(22)9-7-14)24(29(4,26)27)16-10-11-19(28-3)17(21)12-16/h6-13,18H,5H2,1-4H3,(H,23,25)/t13-,18+/m0/s1. The Morgan fingerprint density at radius 3 is 2.34 bits per heavy atom. The minimum atomic E-state index is -3.79. The van der Waals surface area contributed by atoms with E-state index in [4.69, 9.17) is 16.3 Å². The van der Waals surface area contributed by atoms with Crippen molar-refractivity contribution < 1.29 is 22.3 Å². The average molecular weight is 443 g/mol. The minimum absolute atomic E-state index is 0.230. The third-order valence-electron chi connectivity index (χ3n) is 4.45. The molecular weight excluding hydrogens is 419 g/mol. The van der Waals surface area contributed by atoms with Crippen LogP contribution >= 0.6 is 11.6 Å². The Hall–Kier alpha value is -2.32. The van der Waals surface area contributed by atoms with E-state index < -0.39 is 28.0 Å². The zero-order valence-electron chi connectivity index (χ0n) is 16.6. The Balaban J connectivity index is 2.34. The van der Waals surface area contributed by atoms with Gasteiger partial charge in [0.25, 0.3) is 0 Å². The molecule has 0 spiro atoms. The van der Waals surface area contributed by atoms with Crippen molar-refractivity contribution in [2.45, 2.75) is 32.4 Å². The van der Waals surface area contributed by atoms with E-state index in [0.717, 1.165) is 10.6 Å². The largest absolute Gasteiger partial charge is 0.495 e. The first-order valence-electron chi connectivity index (χ1n) is 8.97. The molecule has 0 aliphatic rings. The molecular formula is C20H24ClFN2O4S. The summed E-state index contributed by atoms with van der Waals surface area (Å²) in [7, 11) is -2.34. The van der Waals surface area contributed by atoms with Crippen LogP contribution in [-0.2, 0) is 14.8 Å². The van der Waals surface area contributed by atoms with Crippen LogP contribution in [-0.4, -0.2) is 33.7 Å². The van der Waals surface area contributed by atoms with Crippen LogP contribution in [0.4, 0.5) is 10.1 Å². The summed E-state index contributed by atoms with van der Waals surface area (Å²) in [6.45, 7) is 3.46. The quantitative estimate of drug-likeness (QED) is 0.672. The van der Waals surface area contributed by atoms with E-state index in [-0.39, 0.29) is 22.9 Å². The Kier molecular flexibility index (Phi) is 7.48. The van der Waals surface area contributed by atoms with Crippen LogP contribution in [0.1, 0.15) is 31.9 Å². The number of anilines is 1. The molecule has 0 aliphatic carbocycles. The van der Waals surface area contributed by atoms with Crippen LogP contribution in [0.5, 0.6) is 5.75 Å². The number of rotatable bonds is 8. The first-order valence-corrected chi connectivity index (χ1v) is 11.2. The number of carbonyl (C=O) groups excluding carboxylic acids is 1. The van der Waals surface area contributed by atoms with Crippen LogP contribution in [0.3, 0.4) is 0 Å². The molecule has 2 aromatic carbocycles. The van der Waals surface area contributed by atoms with Gasteiger partial charge in [0, 0.05) is 0 Å². The minimum Gasteiger partial charge on any atom is -0.495 e. The number of amides is 1. The Morgan fingerprint density at radius 2 is 1.86 bits per heavy atom. The highest BCUT2D eigenvalue weighted by Crippen LogP contribution is 2.32. The van der Waals surface area contributed by atoms with Crippen molar-refractivity contribution in [1.29, 1.82) is 0 Å². The zero-order valence-corrected chi connectivity index (χ0v) is 18.2. The van der Waals surface area contributed by atoms with Crippen LogP contribution in [0.25, 0.3) is 0 Å². The number of hydrogen-bond donors (Lipinski definition) is 1. The normalized spacial score (nSPS) is 13.4. The zero-order chi connectivity index (χ0) is 21.8. The van der Waals surface area contributed by atoms with E-state index in [1.54, 1.807) is 32.0 Å². The van der Waals surface area contributed by atoms with Crippen molar-refractivity contribution in [3.05, 3.63) is 58.9 Å². The number of halogens is 2. The number of methoxy groups -OCH3 is 1. The lowest BCUT2D eigenvalue weighted by molar-refractivity contribution is -0.122. The van der Waals surface area contributed by atoms with Gasteiger partial charge in [0.05, 0.1) is 30.1 Å². The van der Waals surface area contributed by atoms with E-state index in [1.807, 2.05) is 0 Å². The maximum Gasteiger partial charge on any atom is 0.244 e. The fourth-order valence-electron chi connectivity index (χ4n) is 3.00. The summed E-state index contributed by atoms with van der Waals surface area (Å²) in [6, 6.07) is 8.84. The Labute approximate surface area is 175 Å². The molecule has 0 saturated carbocycles. The molecule has 1 amide bonds. The van der Waals surface area contributed by atoms with Gasteiger partial charge in [-0.2, -0.15) is 0 Å². The number of ether oxygens (including phenoxy) is 1. The fourth-order valence-corrected chi connectivity index (χ4v) is 4.45. The van der Waals surface area contributed by atoms with Gasteiger partial charge < -0.3 is 10.1 Å². The second-order valence-corrected chi connectivity index (χ2v) is 8.85. The summed E-state index contributed by atoms with van der Waals surface area (Å²) in [4.78, 5) is 12.9. The maximum absolute atomic E-state index is 13.1. The second kappa shape index (κ2) is 9.45. The van der Waals surface area contributed by atoms with Gasteiger partial charge in [-0.05, 0) is 49.2 Å². The van der Waals surface area contributed by atoms with Gasteiger partial charge in [-0.1, -0.05) is 30.7 Å². The van der Waals surface area contributed by atoms with Gasteiger partial charge in [-0.15, -0.1) is 0 Å². The second-order valence-electron chi connectivity index (χ2n) is 6.58. The molecule has 2 aromatic rings. The monoisotopic (exact) mass is 442 g/mol. The summed E-state index contributed by atoms with van der Waals surface area (Å²) in [5, 5.41) is 3.03. The molecule has 6 nitrogen and oxygen atoms in total. The smallest absolute Gasteiger partial charge is 0.244 e. The first-order chi connectivity index (χ1) is 13.6. The summed E-state index contributed by atoms with van der Waals surface area (Å²) in [6.07, 6.45) is 1.27. The van der Waals surface area contributed by atoms with E-state index in [1.165, 1.54) is 31.4 Å². The van der Waals surface area contributed by atoms with Crippen molar-refractivity contribution in [3.63, 3.8) is 0 Å².